The van der Waals surface area contributed by atoms with Crippen molar-refractivity contribution in [3.63, 3.8) is 0 Å². The maximum atomic E-state index is 12.2. The third-order valence-corrected chi connectivity index (χ3v) is 7.42. The van der Waals surface area contributed by atoms with E-state index in [4.69, 9.17) is 14.6 Å². The van der Waals surface area contributed by atoms with Crippen LogP contribution in [-0.2, 0) is 27.2 Å². The van der Waals surface area contributed by atoms with E-state index >= 15 is 0 Å². The normalized spacial score (nSPS) is 26.5. The molecule has 172 valence electrons. The average Bonchev–Trinajstić information content (AvgIpc) is 3.06. The Labute approximate surface area is 185 Å². The van der Waals surface area contributed by atoms with Crippen molar-refractivity contribution in [1.82, 2.24) is 5.32 Å². The van der Waals surface area contributed by atoms with Gasteiger partial charge < -0.3 is 14.6 Å². The summed E-state index contributed by atoms with van der Waals surface area (Å²) in [6, 6.07) is 6.01. The van der Waals surface area contributed by atoms with Gasteiger partial charge in [0.05, 0.1) is 5.92 Å². The number of benzene rings is 1. The standard InChI is InChI=1S/C25H37NO5/c1-5-15(2)25(29)31-23(26-4)10-9-19-16(3)11-18-13-21-17(12-20(18)19)7-6-8-22(21)30-14-24(27)28/h6-8,15-16,18-20,23,26H,5,9-14H2,1-4H3,(H,27,28)/t15?,16-,18?,19?,20?,23?/m1/s1. The van der Waals surface area contributed by atoms with Gasteiger partial charge in [0.25, 0.3) is 0 Å². The first-order valence-electron chi connectivity index (χ1n) is 11.7. The highest BCUT2D eigenvalue weighted by Gasteiger charge is 2.43. The predicted octanol–water partition coefficient (Wildman–Crippen LogP) is 4.05. The monoisotopic (exact) mass is 431 g/mol. The van der Waals surface area contributed by atoms with E-state index in [1.165, 1.54) is 17.5 Å². The van der Waals surface area contributed by atoms with E-state index < -0.39 is 5.97 Å². The summed E-state index contributed by atoms with van der Waals surface area (Å²) in [6.07, 6.45) is 5.55. The zero-order chi connectivity index (χ0) is 22.5. The molecule has 1 saturated carbocycles. The predicted molar refractivity (Wildman–Crippen MR) is 119 cm³/mol. The van der Waals surface area contributed by atoms with Gasteiger partial charge in [-0.3, -0.25) is 10.1 Å². The number of rotatable bonds is 10. The van der Waals surface area contributed by atoms with Crippen LogP contribution in [0.15, 0.2) is 18.2 Å². The SMILES string of the molecule is CCC(C)C(=O)OC(CCC1C2Cc3cccc(OCC(=O)O)c3CC2C[C@H]1C)NC. The third-order valence-electron chi connectivity index (χ3n) is 7.42. The van der Waals surface area contributed by atoms with E-state index in [1.54, 1.807) is 0 Å². The molecule has 6 nitrogen and oxygen atoms in total. The summed E-state index contributed by atoms with van der Waals surface area (Å²) >= 11 is 0. The summed E-state index contributed by atoms with van der Waals surface area (Å²) < 4.78 is 11.3. The van der Waals surface area contributed by atoms with Crippen LogP contribution in [0.3, 0.4) is 0 Å². The Morgan fingerprint density at radius 3 is 2.74 bits per heavy atom. The van der Waals surface area contributed by atoms with Crippen LogP contribution in [0.1, 0.15) is 57.6 Å². The molecule has 5 unspecified atom stereocenters. The van der Waals surface area contributed by atoms with Gasteiger partial charge in [0.1, 0.15) is 5.75 Å². The van der Waals surface area contributed by atoms with Crippen molar-refractivity contribution in [2.75, 3.05) is 13.7 Å². The van der Waals surface area contributed by atoms with Gasteiger partial charge in [0.15, 0.2) is 12.8 Å². The van der Waals surface area contributed by atoms with Crippen molar-refractivity contribution in [3.05, 3.63) is 29.3 Å². The highest BCUT2D eigenvalue weighted by molar-refractivity contribution is 5.72. The number of aliphatic carboxylic acids is 1. The lowest BCUT2D eigenvalue weighted by molar-refractivity contribution is -0.155. The number of nitrogens with one attached hydrogen (secondary N) is 1. The number of fused-ring (bicyclic) bond motifs is 2. The van der Waals surface area contributed by atoms with Crippen molar-refractivity contribution >= 4 is 11.9 Å². The van der Waals surface area contributed by atoms with Gasteiger partial charge in [0.2, 0.25) is 0 Å². The zero-order valence-electron chi connectivity index (χ0n) is 19.2. The number of carboxylic acid groups (broad SMARTS) is 1. The van der Waals surface area contributed by atoms with E-state index in [-0.39, 0.29) is 24.7 Å². The highest BCUT2D eigenvalue weighted by atomic mass is 16.6. The molecule has 1 aromatic rings. The molecule has 6 atom stereocenters. The summed E-state index contributed by atoms with van der Waals surface area (Å²) in [5.41, 5.74) is 2.48. The molecule has 0 bridgehead atoms. The van der Waals surface area contributed by atoms with E-state index in [0.717, 1.165) is 37.9 Å². The molecule has 0 aromatic heterocycles. The van der Waals surface area contributed by atoms with Crippen molar-refractivity contribution in [2.24, 2.45) is 29.6 Å². The van der Waals surface area contributed by atoms with Crippen LogP contribution in [0.5, 0.6) is 5.75 Å². The molecule has 0 spiro atoms. The number of ether oxygens (including phenoxy) is 2. The van der Waals surface area contributed by atoms with Crippen LogP contribution in [0.2, 0.25) is 0 Å². The first kappa shape index (κ1) is 23.6. The minimum Gasteiger partial charge on any atom is -0.482 e. The summed E-state index contributed by atoms with van der Waals surface area (Å²) in [5, 5.41) is 12.1. The van der Waals surface area contributed by atoms with Gasteiger partial charge in [-0.15, -0.1) is 0 Å². The molecule has 2 aliphatic rings. The Morgan fingerprint density at radius 2 is 2.06 bits per heavy atom. The first-order chi connectivity index (χ1) is 14.8. The van der Waals surface area contributed by atoms with Gasteiger partial charge in [-0.05, 0) is 86.4 Å². The Bertz CT molecular complexity index is 779. The van der Waals surface area contributed by atoms with E-state index in [9.17, 15) is 9.59 Å². The summed E-state index contributed by atoms with van der Waals surface area (Å²) in [4.78, 5) is 23.1. The number of hydrogen-bond acceptors (Lipinski definition) is 5. The Hall–Kier alpha value is -2.08. The lowest BCUT2D eigenvalue weighted by Gasteiger charge is -2.33. The maximum Gasteiger partial charge on any atom is 0.341 e. The van der Waals surface area contributed by atoms with Crippen LogP contribution >= 0.6 is 0 Å². The maximum absolute atomic E-state index is 12.2. The zero-order valence-corrected chi connectivity index (χ0v) is 19.2. The molecular formula is C25H37NO5. The van der Waals surface area contributed by atoms with Crippen LogP contribution in [0, 0.1) is 29.6 Å². The Kier molecular flexibility index (Phi) is 7.98. The second kappa shape index (κ2) is 10.5. The minimum absolute atomic E-state index is 0.0713. The Balaban J connectivity index is 1.65. The fourth-order valence-electron chi connectivity index (χ4n) is 5.50. The van der Waals surface area contributed by atoms with Crippen LogP contribution in [0.25, 0.3) is 0 Å². The quantitative estimate of drug-likeness (QED) is 0.429. The van der Waals surface area contributed by atoms with Crippen molar-refractivity contribution < 1.29 is 24.2 Å². The molecule has 1 aromatic carbocycles. The van der Waals surface area contributed by atoms with Gasteiger partial charge >= 0.3 is 11.9 Å². The van der Waals surface area contributed by atoms with Gasteiger partial charge in [-0.1, -0.05) is 32.9 Å². The summed E-state index contributed by atoms with van der Waals surface area (Å²) in [7, 11) is 1.85. The molecule has 6 heteroatoms. The Morgan fingerprint density at radius 1 is 1.29 bits per heavy atom. The first-order valence-corrected chi connectivity index (χ1v) is 11.7. The third kappa shape index (κ3) is 5.59. The van der Waals surface area contributed by atoms with Crippen LogP contribution < -0.4 is 10.1 Å². The molecule has 1 fully saturated rings. The topological polar surface area (TPSA) is 84.9 Å². The molecule has 31 heavy (non-hydrogen) atoms. The van der Waals surface area contributed by atoms with Crippen molar-refractivity contribution in [2.45, 2.75) is 65.5 Å². The van der Waals surface area contributed by atoms with Gasteiger partial charge in [-0.25, -0.2) is 4.79 Å². The lowest BCUT2D eigenvalue weighted by atomic mass is 9.73. The van der Waals surface area contributed by atoms with E-state index in [1.807, 2.05) is 33.0 Å². The van der Waals surface area contributed by atoms with Crippen molar-refractivity contribution in [3.8, 4) is 5.75 Å². The fraction of sp³-hybridized carbons (Fsp3) is 0.680. The molecule has 0 saturated heterocycles. The molecule has 2 aliphatic carbocycles. The molecule has 0 aliphatic heterocycles. The lowest BCUT2D eigenvalue weighted by Crippen LogP contribution is -2.34. The number of carboxylic acids is 1. The highest BCUT2D eigenvalue weighted by Crippen LogP contribution is 2.50. The minimum atomic E-state index is -0.950. The smallest absolute Gasteiger partial charge is 0.341 e. The molecule has 0 amide bonds. The fourth-order valence-corrected chi connectivity index (χ4v) is 5.50. The summed E-state index contributed by atoms with van der Waals surface area (Å²) in [5.74, 6) is 2.00. The van der Waals surface area contributed by atoms with Crippen LogP contribution in [-0.4, -0.2) is 36.9 Å². The number of esters is 1. The average molecular weight is 432 g/mol. The van der Waals surface area contributed by atoms with Crippen molar-refractivity contribution in [1.29, 1.82) is 0 Å². The summed E-state index contributed by atoms with van der Waals surface area (Å²) in [6.45, 7) is 5.95. The second-order valence-electron chi connectivity index (χ2n) is 9.39. The molecule has 2 N–H and O–H groups in total. The molecular weight excluding hydrogens is 394 g/mol. The molecule has 0 heterocycles. The number of carbonyl (C=O) groups excluding carboxylic acids is 1. The largest absolute Gasteiger partial charge is 0.482 e. The second-order valence-corrected chi connectivity index (χ2v) is 9.39. The number of carbonyl (C=O) groups is 2. The molecule has 0 radical (unpaired) electrons. The van der Waals surface area contributed by atoms with E-state index in [2.05, 4.69) is 18.3 Å². The van der Waals surface area contributed by atoms with E-state index in [0.29, 0.717) is 23.7 Å². The van der Waals surface area contributed by atoms with Gasteiger partial charge in [-0.2, -0.15) is 0 Å². The van der Waals surface area contributed by atoms with Gasteiger partial charge in [0, 0.05) is 0 Å². The molecule has 3 rings (SSSR count). The van der Waals surface area contributed by atoms with Crippen LogP contribution in [0.4, 0.5) is 0 Å². The number of hydrogen-bond donors (Lipinski definition) is 2.